The number of amides is 1. The van der Waals surface area contributed by atoms with Gasteiger partial charge in [0, 0.05) is 18.6 Å². The van der Waals surface area contributed by atoms with Gasteiger partial charge in [0.15, 0.2) is 0 Å². The van der Waals surface area contributed by atoms with Crippen LogP contribution in [0.15, 0.2) is 5.16 Å². The van der Waals surface area contributed by atoms with Gasteiger partial charge >= 0.3 is 0 Å². The molecular formula is C14H24N4O3S. The second-order valence-electron chi connectivity index (χ2n) is 5.96. The van der Waals surface area contributed by atoms with Crippen molar-refractivity contribution in [2.45, 2.75) is 70.7 Å². The van der Waals surface area contributed by atoms with Gasteiger partial charge < -0.3 is 9.47 Å². The number of piperidine rings is 1. The lowest BCUT2D eigenvalue weighted by atomic mass is 9.98. The van der Waals surface area contributed by atoms with Crippen LogP contribution >= 0.6 is 0 Å². The number of hydrogen-bond donors (Lipinski definition) is 0. The highest BCUT2D eigenvalue weighted by atomic mass is 32.2. The van der Waals surface area contributed by atoms with Gasteiger partial charge in [-0.2, -0.15) is 0 Å². The van der Waals surface area contributed by atoms with E-state index in [2.05, 4.69) is 10.2 Å². The Balaban J connectivity index is 2.22. The predicted molar refractivity (Wildman–Crippen MR) is 82.1 cm³/mol. The summed E-state index contributed by atoms with van der Waals surface area (Å²) in [5.41, 5.74) is 0. The summed E-state index contributed by atoms with van der Waals surface area (Å²) in [5.74, 6) is -0.351. The summed E-state index contributed by atoms with van der Waals surface area (Å²) in [6, 6.07) is 0.162. The molecule has 0 aliphatic carbocycles. The maximum atomic E-state index is 12.5. The zero-order valence-electron chi connectivity index (χ0n) is 13.6. The molecule has 2 rings (SSSR count). The molecular weight excluding hydrogens is 304 g/mol. The van der Waals surface area contributed by atoms with Crippen molar-refractivity contribution >= 4 is 15.7 Å². The number of carbonyl (C=O) groups is 1. The molecule has 2 atom stereocenters. The summed E-state index contributed by atoms with van der Waals surface area (Å²) < 4.78 is 26.6. The minimum absolute atomic E-state index is 0.0808. The van der Waals surface area contributed by atoms with Gasteiger partial charge in [-0.15, -0.1) is 10.2 Å². The fourth-order valence-electron chi connectivity index (χ4n) is 3.17. The third-order valence-corrected chi connectivity index (χ3v) is 5.78. The smallest absolute Gasteiger partial charge is 0.250 e. The van der Waals surface area contributed by atoms with Crippen molar-refractivity contribution < 1.29 is 13.2 Å². The monoisotopic (exact) mass is 328 g/mol. The van der Waals surface area contributed by atoms with E-state index in [1.54, 1.807) is 11.8 Å². The second-order valence-corrected chi connectivity index (χ2v) is 7.85. The molecule has 124 valence electrons. The third kappa shape index (κ3) is 3.16. The number of likely N-dealkylation sites (tertiary alicyclic amines) is 1. The van der Waals surface area contributed by atoms with Crippen LogP contribution in [0, 0.1) is 6.92 Å². The summed E-state index contributed by atoms with van der Waals surface area (Å²) in [7, 11) is -3.78. The molecule has 7 nitrogen and oxygen atoms in total. The lowest BCUT2D eigenvalue weighted by Crippen LogP contribution is -2.49. The predicted octanol–water partition coefficient (Wildman–Crippen LogP) is 1.17. The topological polar surface area (TPSA) is 85.2 Å². The lowest BCUT2D eigenvalue weighted by molar-refractivity contribution is -0.134. The van der Waals surface area contributed by atoms with Crippen LogP contribution in [-0.2, 0) is 21.2 Å². The first kappa shape index (κ1) is 16.9. The molecule has 0 spiro atoms. The number of sulfone groups is 1. The molecule has 1 aliphatic rings. The summed E-state index contributed by atoms with van der Waals surface area (Å²) in [4.78, 5) is 14.2. The highest BCUT2D eigenvalue weighted by molar-refractivity contribution is 7.91. The Hall–Kier alpha value is -1.44. The molecule has 0 N–H and O–H groups in total. The average Bonchev–Trinajstić information content (AvgIpc) is 2.79. The fourth-order valence-corrected chi connectivity index (χ4v) is 4.54. The highest BCUT2D eigenvalue weighted by Gasteiger charge is 2.34. The normalized spacial score (nSPS) is 22.8. The van der Waals surface area contributed by atoms with Crippen LogP contribution < -0.4 is 0 Å². The van der Waals surface area contributed by atoms with Gasteiger partial charge in [-0.25, -0.2) is 8.42 Å². The van der Waals surface area contributed by atoms with Crippen LogP contribution in [0.4, 0.5) is 0 Å². The van der Waals surface area contributed by atoms with E-state index >= 15 is 0 Å². The van der Waals surface area contributed by atoms with E-state index in [0.29, 0.717) is 12.4 Å². The van der Waals surface area contributed by atoms with E-state index in [0.717, 1.165) is 19.3 Å². The highest BCUT2D eigenvalue weighted by Crippen LogP contribution is 2.23. The van der Waals surface area contributed by atoms with E-state index in [1.807, 2.05) is 20.8 Å². The van der Waals surface area contributed by atoms with Crippen LogP contribution in [0.5, 0.6) is 0 Å². The van der Waals surface area contributed by atoms with Crippen molar-refractivity contribution in [2.24, 2.45) is 0 Å². The number of aryl methyl sites for hydroxylation is 1. The van der Waals surface area contributed by atoms with Gasteiger partial charge in [0.1, 0.15) is 11.6 Å². The van der Waals surface area contributed by atoms with Gasteiger partial charge in [0.05, 0.1) is 0 Å². The zero-order chi connectivity index (χ0) is 16.5. The van der Waals surface area contributed by atoms with E-state index < -0.39 is 15.6 Å². The molecule has 1 aliphatic heterocycles. The van der Waals surface area contributed by atoms with Crippen LogP contribution in [0.1, 0.15) is 45.9 Å². The van der Waals surface area contributed by atoms with Gasteiger partial charge in [0.2, 0.25) is 20.9 Å². The Morgan fingerprint density at radius 1 is 1.23 bits per heavy atom. The molecule has 8 heteroatoms. The van der Waals surface area contributed by atoms with Crippen molar-refractivity contribution in [3.8, 4) is 0 Å². The van der Waals surface area contributed by atoms with Gasteiger partial charge in [-0.3, -0.25) is 4.79 Å². The first-order valence-corrected chi connectivity index (χ1v) is 9.37. The minimum Gasteiger partial charge on any atom is -0.336 e. The number of carbonyl (C=O) groups excluding carboxylic acids is 1. The molecule has 0 unspecified atom stereocenters. The van der Waals surface area contributed by atoms with Crippen molar-refractivity contribution in [1.29, 1.82) is 0 Å². The second kappa shape index (κ2) is 6.36. The van der Waals surface area contributed by atoms with E-state index in [9.17, 15) is 13.2 Å². The number of aromatic nitrogens is 3. The Kier molecular flexibility index (Phi) is 4.89. The van der Waals surface area contributed by atoms with Crippen molar-refractivity contribution in [2.75, 3.05) is 5.75 Å². The molecule has 0 bridgehead atoms. The standard InChI is InChI=1S/C14H24N4O3S/c1-5-17-12(4)15-16-14(17)22(20,21)9-13(19)18-10(2)7-6-8-11(18)3/h10-11H,5-9H2,1-4H3/t10-,11-/m1/s1. The van der Waals surface area contributed by atoms with Crippen LogP contribution in [0.2, 0.25) is 0 Å². The first-order valence-electron chi connectivity index (χ1n) is 7.71. The molecule has 1 saturated heterocycles. The third-order valence-electron chi connectivity index (χ3n) is 4.29. The number of hydrogen-bond acceptors (Lipinski definition) is 5. The molecule has 0 radical (unpaired) electrons. The Morgan fingerprint density at radius 2 is 1.82 bits per heavy atom. The fraction of sp³-hybridized carbons (Fsp3) is 0.786. The van der Waals surface area contributed by atoms with E-state index in [-0.39, 0.29) is 23.1 Å². The Bertz CT molecular complexity index is 643. The van der Waals surface area contributed by atoms with E-state index in [4.69, 9.17) is 0 Å². The Labute approximate surface area is 131 Å². The van der Waals surface area contributed by atoms with Crippen molar-refractivity contribution in [3.63, 3.8) is 0 Å². The molecule has 0 aromatic carbocycles. The van der Waals surface area contributed by atoms with Gasteiger partial charge in [-0.05, 0) is 47.0 Å². The largest absolute Gasteiger partial charge is 0.336 e. The van der Waals surface area contributed by atoms with Crippen LogP contribution in [0.25, 0.3) is 0 Å². The molecule has 1 aromatic heterocycles. The van der Waals surface area contributed by atoms with Gasteiger partial charge in [-0.1, -0.05) is 0 Å². The Morgan fingerprint density at radius 3 is 2.36 bits per heavy atom. The number of rotatable bonds is 4. The average molecular weight is 328 g/mol. The number of nitrogens with zero attached hydrogens (tertiary/aromatic N) is 4. The first-order chi connectivity index (χ1) is 10.3. The SMILES string of the molecule is CCn1c(C)nnc1S(=O)(=O)CC(=O)N1[C@H](C)CCC[C@H]1C. The minimum atomic E-state index is -3.78. The van der Waals surface area contributed by atoms with Crippen molar-refractivity contribution in [1.82, 2.24) is 19.7 Å². The summed E-state index contributed by atoms with van der Waals surface area (Å²) >= 11 is 0. The van der Waals surface area contributed by atoms with Crippen LogP contribution in [-0.4, -0.2) is 51.8 Å². The molecule has 1 amide bonds. The summed E-state index contributed by atoms with van der Waals surface area (Å²) in [5, 5.41) is 7.45. The van der Waals surface area contributed by atoms with Crippen LogP contribution in [0.3, 0.4) is 0 Å². The summed E-state index contributed by atoms with van der Waals surface area (Å²) in [6.45, 7) is 7.92. The maximum Gasteiger partial charge on any atom is 0.250 e. The molecule has 22 heavy (non-hydrogen) atoms. The zero-order valence-corrected chi connectivity index (χ0v) is 14.4. The van der Waals surface area contributed by atoms with E-state index in [1.165, 1.54) is 4.57 Å². The maximum absolute atomic E-state index is 12.5. The molecule has 0 saturated carbocycles. The summed E-state index contributed by atoms with van der Waals surface area (Å²) in [6.07, 6.45) is 2.91. The molecule has 2 heterocycles. The molecule has 1 fully saturated rings. The quantitative estimate of drug-likeness (QED) is 0.828. The lowest BCUT2D eigenvalue weighted by Gasteiger charge is -2.39. The van der Waals surface area contributed by atoms with Crippen molar-refractivity contribution in [3.05, 3.63) is 5.82 Å². The van der Waals surface area contributed by atoms with Gasteiger partial charge in [0.25, 0.3) is 0 Å². The molecule has 1 aromatic rings.